The molecule has 1 N–H and O–H groups in total. The van der Waals surface area contributed by atoms with Crippen LogP contribution in [0.15, 0.2) is 0 Å². The summed E-state index contributed by atoms with van der Waals surface area (Å²) >= 11 is 0. The summed E-state index contributed by atoms with van der Waals surface area (Å²) in [5.41, 5.74) is -1.17. The third-order valence-electron chi connectivity index (χ3n) is 5.39. The Kier molecular flexibility index (Phi) is 2.14. The highest BCUT2D eigenvalue weighted by atomic mass is 16.3. The Labute approximate surface area is 97.7 Å². The fraction of sp³-hybridized carbons (Fsp3) is 0.929. The van der Waals surface area contributed by atoms with Crippen molar-refractivity contribution in [2.75, 3.05) is 0 Å². The van der Waals surface area contributed by atoms with Gasteiger partial charge in [-0.25, -0.2) is 0 Å². The van der Waals surface area contributed by atoms with Crippen LogP contribution in [0, 0.1) is 34.5 Å². The number of fused-ring (bicyclic) bond motifs is 2. The van der Waals surface area contributed by atoms with Gasteiger partial charge in [0, 0.05) is 0 Å². The summed E-state index contributed by atoms with van der Waals surface area (Å²) in [6, 6.07) is 2.53. The molecule has 2 bridgehead atoms. The molecular weight excluding hydrogens is 198 g/mol. The van der Waals surface area contributed by atoms with Crippen LogP contribution in [0.25, 0.3) is 0 Å². The van der Waals surface area contributed by atoms with Gasteiger partial charge in [0.1, 0.15) is 0 Å². The van der Waals surface area contributed by atoms with E-state index < -0.39 is 11.0 Å². The first-order chi connectivity index (χ1) is 7.57. The number of nitriles is 1. The standard InChI is InChI=1S/C14H21NO/c1-13(16,7-10-2-3-10)14(9-15)8-11-4-5-12(14)6-11/h10-12,16H,2-8H2,1H3. The average molecular weight is 219 g/mol. The van der Waals surface area contributed by atoms with Crippen molar-refractivity contribution in [3.63, 3.8) is 0 Å². The van der Waals surface area contributed by atoms with E-state index in [1.54, 1.807) is 0 Å². The smallest absolute Gasteiger partial charge is 0.0888 e. The summed E-state index contributed by atoms with van der Waals surface area (Å²) in [5.74, 6) is 1.88. The summed E-state index contributed by atoms with van der Waals surface area (Å²) < 4.78 is 0. The molecule has 3 aliphatic carbocycles. The molecular formula is C14H21NO. The van der Waals surface area contributed by atoms with Gasteiger partial charge < -0.3 is 5.11 Å². The van der Waals surface area contributed by atoms with E-state index in [-0.39, 0.29) is 0 Å². The monoisotopic (exact) mass is 219 g/mol. The minimum atomic E-state index is -0.747. The molecule has 0 aliphatic heterocycles. The van der Waals surface area contributed by atoms with E-state index in [1.165, 1.54) is 32.1 Å². The summed E-state index contributed by atoms with van der Waals surface area (Å²) in [4.78, 5) is 0. The Morgan fingerprint density at radius 1 is 1.38 bits per heavy atom. The van der Waals surface area contributed by atoms with E-state index in [4.69, 9.17) is 0 Å². The summed E-state index contributed by atoms with van der Waals surface area (Å²) in [6.45, 7) is 1.93. The molecule has 16 heavy (non-hydrogen) atoms. The molecule has 3 saturated carbocycles. The van der Waals surface area contributed by atoms with Crippen LogP contribution in [0.5, 0.6) is 0 Å². The van der Waals surface area contributed by atoms with Crippen LogP contribution < -0.4 is 0 Å². The molecule has 3 aliphatic rings. The van der Waals surface area contributed by atoms with E-state index in [0.29, 0.717) is 11.8 Å². The van der Waals surface area contributed by atoms with Crippen molar-refractivity contribution >= 4 is 0 Å². The third-order valence-corrected chi connectivity index (χ3v) is 5.39. The van der Waals surface area contributed by atoms with Crippen LogP contribution in [-0.4, -0.2) is 10.7 Å². The second-order valence-corrected chi connectivity index (χ2v) is 6.58. The molecule has 0 aromatic rings. The normalized spacial score (nSPS) is 45.3. The number of hydrogen-bond donors (Lipinski definition) is 1. The quantitative estimate of drug-likeness (QED) is 0.793. The maximum atomic E-state index is 10.8. The van der Waals surface area contributed by atoms with Gasteiger partial charge in [-0.1, -0.05) is 19.3 Å². The first-order valence-corrected chi connectivity index (χ1v) is 6.71. The highest BCUT2D eigenvalue weighted by molar-refractivity contribution is 5.19. The first kappa shape index (κ1) is 10.6. The Morgan fingerprint density at radius 3 is 2.56 bits per heavy atom. The number of hydrogen-bond acceptors (Lipinski definition) is 2. The SMILES string of the molecule is CC(O)(CC1CC1)C1(C#N)CC2CCC1C2. The number of nitrogens with zero attached hydrogens (tertiary/aromatic N) is 1. The molecule has 3 fully saturated rings. The number of rotatable bonds is 3. The van der Waals surface area contributed by atoms with Gasteiger partial charge in [0.25, 0.3) is 0 Å². The van der Waals surface area contributed by atoms with Crippen LogP contribution in [0.4, 0.5) is 0 Å². The molecule has 2 nitrogen and oxygen atoms in total. The lowest BCUT2D eigenvalue weighted by Gasteiger charge is -2.43. The molecule has 0 radical (unpaired) electrons. The van der Waals surface area contributed by atoms with Crippen LogP contribution in [0.2, 0.25) is 0 Å². The summed E-state index contributed by atoms with van der Waals surface area (Å²) in [7, 11) is 0. The molecule has 0 saturated heterocycles. The molecule has 3 rings (SSSR count). The second-order valence-electron chi connectivity index (χ2n) is 6.58. The average Bonchev–Trinajstić information content (AvgIpc) is 2.81. The van der Waals surface area contributed by atoms with Crippen molar-refractivity contribution in [2.45, 2.75) is 57.5 Å². The molecule has 0 aromatic carbocycles. The van der Waals surface area contributed by atoms with Crippen LogP contribution >= 0.6 is 0 Å². The Balaban J connectivity index is 1.86. The van der Waals surface area contributed by atoms with Crippen LogP contribution in [0.1, 0.15) is 51.9 Å². The highest BCUT2D eigenvalue weighted by Gasteiger charge is 2.60. The third kappa shape index (κ3) is 1.34. The van der Waals surface area contributed by atoms with Crippen molar-refractivity contribution in [3.8, 4) is 6.07 Å². The predicted octanol–water partition coefficient (Wildman–Crippen LogP) is 2.87. The largest absolute Gasteiger partial charge is 0.388 e. The number of aliphatic hydroxyl groups is 1. The van der Waals surface area contributed by atoms with Crippen LogP contribution in [0.3, 0.4) is 0 Å². The van der Waals surface area contributed by atoms with Gasteiger partial charge in [-0.3, -0.25) is 0 Å². The van der Waals surface area contributed by atoms with Gasteiger partial charge in [0.2, 0.25) is 0 Å². The molecule has 4 unspecified atom stereocenters. The van der Waals surface area contributed by atoms with E-state index in [9.17, 15) is 10.4 Å². The maximum Gasteiger partial charge on any atom is 0.0888 e. The van der Waals surface area contributed by atoms with E-state index in [1.807, 2.05) is 6.92 Å². The Bertz CT molecular complexity index is 339. The molecule has 0 heterocycles. The zero-order valence-electron chi connectivity index (χ0n) is 10.1. The zero-order chi connectivity index (χ0) is 11.4. The minimum Gasteiger partial charge on any atom is -0.388 e. The van der Waals surface area contributed by atoms with E-state index in [0.717, 1.165) is 18.8 Å². The van der Waals surface area contributed by atoms with Gasteiger partial charge in [0.15, 0.2) is 0 Å². The lowest BCUT2D eigenvalue weighted by Crippen LogP contribution is -2.48. The molecule has 0 amide bonds. The molecule has 0 aromatic heterocycles. The predicted molar refractivity (Wildman–Crippen MR) is 61.5 cm³/mol. The second kappa shape index (κ2) is 3.23. The minimum absolute atomic E-state index is 0.418. The Morgan fingerprint density at radius 2 is 2.12 bits per heavy atom. The van der Waals surface area contributed by atoms with Crippen molar-refractivity contribution in [2.24, 2.45) is 23.2 Å². The molecule has 4 atom stereocenters. The molecule has 2 heteroatoms. The van der Waals surface area contributed by atoms with Crippen LogP contribution in [-0.2, 0) is 0 Å². The fourth-order valence-corrected chi connectivity index (χ4v) is 4.31. The maximum absolute atomic E-state index is 10.8. The molecule has 0 spiro atoms. The van der Waals surface area contributed by atoms with Crippen molar-refractivity contribution in [1.29, 1.82) is 5.26 Å². The van der Waals surface area contributed by atoms with Gasteiger partial charge >= 0.3 is 0 Å². The zero-order valence-corrected chi connectivity index (χ0v) is 10.1. The van der Waals surface area contributed by atoms with Gasteiger partial charge in [0.05, 0.1) is 17.1 Å². The van der Waals surface area contributed by atoms with E-state index >= 15 is 0 Å². The van der Waals surface area contributed by atoms with Crippen molar-refractivity contribution in [1.82, 2.24) is 0 Å². The van der Waals surface area contributed by atoms with Crippen molar-refractivity contribution < 1.29 is 5.11 Å². The lowest BCUT2D eigenvalue weighted by atomic mass is 9.62. The lowest BCUT2D eigenvalue weighted by molar-refractivity contribution is -0.0767. The van der Waals surface area contributed by atoms with Crippen molar-refractivity contribution in [3.05, 3.63) is 0 Å². The van der Waals surface area contributed by atoms with Gasteiger partial charge in [-0.2, -0.15) is 5.26 Å². The summed E-state index contributed by atoms with van der Waals surface area (Å²) in [5, 5.41) is 20.4. The van der Waals surface area contributed by atoms with Gasteiger partial charge in [-0.05, 0) is 50.4 Å². The molecule has 88 valence electrons. The summed E-state index contributed by atoms with van der Waals surface area (Å²) in [6.07, 6.45) is 7.95. The topological polar surface area (TPSA) is 44.0 Å². The fourth-order valence-electron chi connectivity index (χ4n) is 4.31. The Hall–Kier alpha value is -0.550. The van der Waals surface area contributed by atoms with E-state index in [2.05, 4.69) is 6.07 Å². The van der Waals surface area contributed by atoms with Gasteiger partial charge in [-0.15, -0.1) is 0 Å². The highest BCUT2D eigenvalue weighted by Crippen LogP contribution is 2.62. The first-order valence-electron chi connectivity index (χ1n) is 6.71.